The summed E-state index contributed by atoms with van der Waals surface area (Å²) in [6, 6.07) is 18.1. The quantitative estimate of drug-likeness (QED) is 0.254. The fourth-order valence-corrected chi connectivity index (χ4v) is 3.05. The van der Waals surface area contributed by atoms with Gasteiger partial charge in [0.15, 0.2) is 11.5 Å². The van der Waals surface area contributed by atoms with E-state index in [-0.39, 0.29) is 25.0 Å². The maximum atomic E-state index is 12.0. The Balaban J connectivity index is 0.00000306. The number of para-hydroxylation sites is 2. The number of benzene rings is 2. The van der Waals surface area contributed by atoms with E-state index in [4.69, 9.17) is 9.47 Å². The van der Waals surface area contributed by atoms with Gasteiger partial charge in [-0.15, -0.1) is 5.43 Å². The third-order valence-corrected chi connectivity index (χ3v) is 4.72. The van der Waals surface area contributed by atoms with Crippen LogP contribution >= 0.6 is 0 Å². The molecule has 0 aliphatic heterocycles. The molecule has 0 saturated carbocycles. The number of ether oxygens (including phenoxy) is 2. The van der Waals surface area contributed by atoms with Gasteiger partial charge in [-0.3, -0.25) is 0 Å². The van der Waals surface area contributed by atoms with Crippen LogP contribution in [0.1, 0.15) is 17.0 Å². The van der Waals surface area contributed by atoms with Crippen molar-refractivity contribution in [2.75, 3.05) is 7.11 Å². The number of carbonyl (C=O) groups excluding carboxylic acids is 1. The number of halogens is 1. The van der Waals surface area contributed by atoms with Crippen molar-refractivity contribution in [2.24, 2.45) is 5.10 Å². The molecule has 2 heterocycles. The second kappa shape index (κ2) is 11.0. The number of carbonyl (C=O) groups is 1. The van der Waals surface area contributed by atoms with Gasteiger partial charge in [-0.25, -0.2) is 9.97 Å². The monoisotopic (exact) mass is 463 g/mol. The molecular formula is C24H22ClN5O3. The van der Waals surface area contributed by atoms with Crippen LogP contribution in [-0.4, -0.2) is 29.3 Å². The molecule has 1 amide bonds. The number of aryl methyl sites for hydroxylation is 1. The Kier molecular flexibility index (Phi) is 7.88. The van der Waals surface area contributed by atoms with Gasteiger partial charge in [0, 0.05) is 5.56 Å². The predicted molar refractivity (Wildman–Crippen MR) is 120 cm³/mol. The minimum absolute atomic E-state index is 0. The van der Waals surface area contributed by atoms with Crippen LogP contribution < -0.4 is 31.9 Å². The van der Waals surface area contributed by atoms with Crippen LogP contribution in [0.4, 0.5) is 4.79 Å². The maximum Gasteiger partial charge on any atom is 0.520 e. The third kappa shape index (κ3) is 5.81. The summed E-state index contributed by atoms with van der Waals surface area (Å²) in [6.45, 7) is 2.18. The Morgan fingerprint density at radius 3 is 2.48 bits per heavy atom. The summed E-state index contributed by atoms with van der Waals surface area (Å²) >= 11 is 0. The van der Waals surface area contributed by atoms with Gasteiger partial charge >= 0.3 is 6.03 Å². The second-order valence-electron chi connectivity index (χ2n) is 6.90. The van der Waals surface area contributed by atoms with Crippen LogP contribution in [0.15, 0.2) is 78.2 Å². The van der Waals surface area contributed by atoms with Crippen molar-refractivity contribution in [1.29, 1.82) is 0 Å². The van der Waals surface area contributed by atoms with Crippen molar-refractivity contribution in [3.05, 3.63) is 90.0 Å². The lowest BCUT2D eigenvalue weighted by Crippen LogP contribution is -3.00. The molecule has 1 N–H and O–H groups in total. The van der Waals surface area contributed by atoms with Crippen LogP contribution in [0.2, 0.25) is 0 Å². The number of nitrogens with zero attached hydrogens (tertiary/aromatic N) is 4. The van der Waals surface area contributed by atoms with Gasteiger partial charge in [0.2, 0.25) is 0 Å². The summed E-state index contributed by atoms with van der Waals surface area (Å²) in [6.07, 6.45) is 4.82. The molecule has 0 radical (unpaired) electrons. The molecule has 0 saturated heterocycles. The number of pyridine rings is 1. The lowest BCUT2D eigenvalue weighted by molar-refractivity contribution is -0.572. The largest absolute Gasteiger partial charge is 1.00 e. The summed E-state index contributed by atoms with van der Waals surface area (Å²) in [7, 11) is 1.57. The topological polar surface area (TPSA) is 89.6 Å². The molecule has 0 aliphatic rings. The van der Waals surface area contributed by atoms with Crippen molar-refractivity contribution in [2.45, 2.75) is 13.5 Å². The lowest BCUT2D eigenvalue weighted by Gasteiger charge is -2.12. The minimum atomic E-state index is -0.361. The Hall–Kier alpha value is -4.04. The summed E-state index contributed by atoms with van der Waals surface area (Å²) in [5, 5.41) is 4.00. The van der Waals surface area contributed by atoms with Gasteiger partial charge in [-0.05, 0) is 49.4 Å². The summed E-state index contributed by atoms with van der Waals surface area (Å²) < 4.78 is 12.8. The molecule has 4 rings (SSSR count). The molecule has 8 nitrogen and oxygen atoms in total. The highest BCUT2D eigenvalue weighted by Gasteiger charge is 2.11. The van der Waals surface area contributed by atoms with Crippen molar-refractivity contribution in [3.8, 4) is 11.5 Å². The van der Waals surface area contributed by atoms with Gasteiger partial charge in [-0.1, -0.05) is 23.3 Å². The molecular weight excluding hydrogens is 442 g/mol. The molecule has 4 aromatic rings. The summed E-state index contributed by atoms with van der Waals surface area (Å²) in [5.41, 5.74) is 6.48. The SMILES string of the molecule is COc1cc(C=NNC(=O)[n+]2ccccc2)ccc1OCc1nc2ccccc2nc1C.[Cl-]. The molecule has 2 aromatic carbocycles. The number of methoxy groups -OCH3 is 1. The first-order chi connectivity index (χ1) is 15.6. The maximum absolute atomic E-state index is 12.0. The highest BCUT2D eigenvalue weighted by Crippen LogP contribution is 2.28. The molecule has 0 atom stereocenters. The smallest absolute Gasteiger partial charge is 0.520 e. The molecule has 0 unspecified atom stereocenters. The molecule has 33 heavy (non-hydrogen) atoms. The molecule has 168 valence electrons. The standard InChI is InChI=1S/C24H21N5O3.ClH/c1-17-21(27-20-9-5-4-8-19(20)26-17)16-32-22-11-10-18(14-23(22)31-2)15-25-28-24(30)29-12-6-3-7-13-29;/h3-15H,16H2,1-2H3;1H. The number of aromatic nitrogens is 3. The second-order valence-corrected chi connectivity index (χ2v) is 6.90. The van der Waals surface area contributed by atoms with Gasteiger partial charge in [0.25, 0.3) is 0 Å². The highest BCUT2D eigenvalue weighted by atomic mass is 35.5. The van der Waals surface area contributed by atoms with E-state index in [9.17, 15) is 4.79 Å². The van der Waals surface area contributed by atoms with E-state index in [1.54, 1.807) is 43.8 Å². The first-order valence-corrected chi connectivity index (χ1v) is 9.97. The molecule has 0 spiro atoms. The Bertz CT molecular complexity index is 1280. The van der Waals surface area contributed by atoms with Crippen LogP contribution in [-0.2, 0) is 6.61 Å². The number of hydrogen-bond acceptors (Lipinski definition) is 6. The summed E-state index contributed by atoms with van der Waals surface area (Å²) in [4.78, 5) is 21.3. The van der Waals surface area contributed by atoms with Crippen molar-refractivity contribution >= 4 is 23.3 Å². The Morgan fingerprint density at radius 2 is 1.76 bits per heavy atom. The normalized spacial score (nSPS) is 10.6. The van der Waals surface area contributed by atoms with E-state index >= 15 is 0 Å². The van der Waals surface area contributed by atoms with Crippen LogP contribution in [0.3, 0.4) is 0 Å². The van der Waals surface area contributed by atoms with Gasteiger partial charge in [-0.2, -0.15) is 9.36 Å². The van der Waals surface area contributed by atoms with Gasteiger partial charge in [0.1, 0.15) is 6.61 Å². The summed E-state index contributed by atoms with van der Waals surface area (Å²) in [5.74, 6) is 1.12. The van der Waals surface area contributed by atoms with Crippen LogP contribution in [0, 0.1) is 6.92 Å². The fourth-order valence-electron chi connectivity index (χ4n) is 3.05. The number of nitrogens with one attached hydrogen (secondary N) is 1. The van der Waals surface area contributed by atoms with Crippen LogP contribution in [0.5, 0.6) is 11.5 Å². The lowest BCUT2D eigenvalue weighted by atomic mass is 10.2. The number of hydrazone groups is 1. The molecule has 9 heteroatoms. The highest BCUT2D eigenvalue weighted by molar-refractivity contribution is 5.81. The molecule has 0 fully saturated rings. The average molecular weight is 464 g/mol. The minimum Gasteiger partial charge on any atom is -1.00 e. The zero-order chi connectivity index (χ0) is 22.3. The number of rotatable bonds is 6. The van der Waals surface area contributed by atoms with E-state index in [2.05, 4.69) is 20.5 Å². The first kappa shape index (κ1) is 23.6. The average Bonchev–Trinajstić information content (AvgIpc) is 2.83. The third-order valence-electron chi connectivity index (χ3n) is 4.72. The van der Waals surface area contributed by atoms with Crippen molar-refractivity contribution in [3.63, 3.8) is 0 Å². The van der Waals surface area contributed by atoms with E-state index < -0.39 is 0 Å². The van der Waals surface area contributed by atoms with E-state index in [1.807, 2.05) is 43.3 Å². The number of fused-ring (bicyclic) bond motifs is 1. The van der Waals surface area contributed by atoms with E-state index in [0.29, 0.717) is 11.5 Å². The Morgan fingerprint density at radius 1 is 1.03 bits per heavy atom. The van der Waals surface area contributed by atoms with Gasteiger partial charge < -0.3 is 21.9 Å². The zero-order valence-electron chi connectivity index (χ0n) is 18.1. The van der Waals surface area contributed by atoms with Crippen molar-refractivity contribution < 1.29 is 31.2 Å². The molecule has 0 aliphatic carbocycles. The Labute approximate surface area is 197 Å². The predicted octanol–water partition coefficient (Wildman–Crippen LogP) is 0.409. The van der Waals surface area contributed by atoms with Crippen molar-refractivity contribution in [1.82, 2.24) is 15.4 Å². The first-order valence-electron chi connectivity index (χ1n) is 9.97. The number of amides is 1. The zero-order valence-corrected chi connectivity index (χ0v) is 18.9. The van der Waals surface area contributed by atoms with Crippen LogP contribution in [0.25, 0.3) is 11.0 Å². The van der Waals surface area contributed by atoms with E-state index in [0.717, 1.165) is 28.0 Å². The fraction of sp³-hybridized carbons (Fsp3) is 0.125. The number of hydrogen-bond donors (Lipinski definition) is 1. The molecule has 2 aromatic heterocycles. The van der Waals surface area contributed by atoms with E-state index in [1.165, 1.54) is 10.8 Å². The molecule has 0 bridgehead atoms. The van der Waals surface area contributed by atoms with Gasteiger partial charge in [0.05, 0.1) is 48.1 Å².